The molecule has 5 heteroatoms. The Morgan fingerprint density at radius 2 is 1.87 bits per heavy atom. The van der Waals surface area contributed by atoms with Gasteiger partial charge in [0.2, 0.25) is 0 Å². The molecule has 4 N–H and O–H groups in total. The number of nitrogens with zero attached hydrogens (tertiary/aromatic N) is 1. The quantitative estimate of drug-likeness (QED) is 0.355. The number of hydrogen-bond donors (Lipinski definition) is 3. The SMILES string of the molecule is CC(C=NOCCN)=C[C@]1(O)CC[C@@]2(C)[C@H](CC[C@@H]3[C@@H]2CC[C@]2(C)CCC[C@]32O)C1. The van der Waals surface area contributed by atoms with E-state index in [1.54, 1.807) is 6.21 Å². The molecule has 4 saturated carbocycles. The summed E-state index contributed by atoms with van der Waals surface area (Å²) in [6.07, 6.45) is 14.3. The van der Waals surface area contributed by atoms with Crippen LogP contribution in [-0.4, -0.2) is 40.8 Å². The normalized spacial score (nSPS) is 48.9. The van der Waals surface area contributed by atoms with Crippen molar-refractivity contribution < 1.29 is 15.1 Å². The summed E-state index contributed by atoms with van der Waals surface area (Å²) in [5, 5.41) is 27.1. The fraction of sp³-hybridized carbons (Fsp3) is 0.880. The topological polar surface area (TPSA) is 88.1 Å². The number of aliphatic hydroxyl groups is 2. The Bertz CT molecular complexity index is 709. The summed E-state index contributed by atoms with van der Waals surface area (Å²) >= 11 is 0. The fourth-order valence-electron chi connectivity index (χ4n) is 8.05. The Morgan fingerprint density at radius 1 is 1.07 bits per heavy atom. The number of fused-ring (bicyclic) bond motifs is 5. The van der Waals surface area contributed by atoms with Gasteiger partial charge in [-0.1, -0.05) is 19.0 Å². The largest absolute Gasteiger partial charge is 0.394 e. The molecule has 0 aromatic heterocycles. The van der Waals surface area contributed by atoms with Crippen molar-refractivity contribution >= 4 is 6.21 Å². The van der Waals surface area contributed by atoms with Crippen molar-refractivity contribution in [2.75, 3.05) is 13.2 Å². The van der Waals surface area contributed by atoms with Gasteiger partial charge in [-0.15, -0.1) is 0 Å². The van der Waals surface area contributed by atoms with Gasteiger partial charge in [0.25, 0.3) is 0 Å². The first-order valence-corrected chi connectivity index (χ1v) is 12.2. The number of nitrogens with two attached hydrogens (primary N) is 1. The predicted octanol–water partition coefficient (Wildman–Crippen LogP) is 4.17. The average Bonchev–Trinajstić information content (AvgIpc) is 3.01. The molecule has 0 aliphatic heterocycles. The molecule has 0 aromatic carbocycles. The lowest BCUT2D eigenvalue weighted by Crippen LogP contribution is -2.61. The van der Waals surface area contributed by atoms with Crippen LogP contribution < -0.4 is 5.73 Å². The van der Waals surface area contributed by atoms with Crippen LogP contribution in [0.15, 0.2) is 16.8 Å². The van der Waals surface area contributed by atoms with Crippen LogP contribution in [0.1, 0.15) is 85.0 Å². The molecule has 4 rings (SSSR count). The number of rotatable bonds is 5. The number of allylic oxidation sites excluding steroid dienone is 1. The van der Waals surface area contributed by atoms with Crippen LogP contribution in [0, 0.1) is 28.6 Å². The highest BCUT2D eigenvalue weighted by Crippen LogP contribution is 2.68. The second kappa shape index (κ2) is 7.90. The molecule has 30 heavy (non-hydrogen) atoms. The predicted molar refractivity (Wildman–Crippen MR) is 120 cm³/mol. The van der Waals surface area contributed by atoms with Gasteiger partial charge in [-0.05, 0) is 111 Å². The Hall–Kier alpha value is -0.910. The van der Waals surface area contributed by atoms with Crippen molar-refractivity contribution in [3.63, 3.8) is 0 Å². The summed E-state index contributed by atoms with van der Waals surface area (Å²) in [6, 6.07) is 0. The molecule has 5 nitrogen and oxygen atoms in total. The summed E-state index contributed by atoms with van der Waals surface area (Å²) in [6.45, 7) is 7.63. The molecule has 0 radical (unpaired) electrons. The van der Waals surface area contributed by atoms with Crippen LogP contribution in [0.4, 0.5) is 0 Å². The number of hydrogen-bond acceptors (Lipinski definition) is 5. The molecule has 4 fully saturated rings. The molecule has 0 amide bonds. The van der Waals surface area contributed by atoms with Crippen molar-refractivity contribution in [3.8, 4) is 0 Å². The van der Waals surface area contributed by atoms with Crippen LogP contribution in [-0.2, 0) is 4.84 Å². The van der Waals surface area contributed by atoms with Gasteiger partial charge in [-0.2, -0.15) is 0 Å². The lowest BCUT2D eigenvalue weighted by Gasteiger charge is -2.63. The van der Waals surface area contributed by atoms with Gasteiger partial charge in [0.05, 0.1) is 17.4 Å². The van der Waals surface area contributed by atoms with E-state index < -0.39 is 11.2 Å². The van der Waals surface area contributed by atoms with Crippen molar-refractivity contribution in [3.05, 3.63) is 11.6 Å². The van der Waals surface area contributed by atoms with E-state index in [2.05, 4.69) is 19.0 Å². The summed E-state index contributed by atoms with van der Waals surface area (Å²) in [7, 11) is 0. The monoisotopic (exact) mass is 418 g/mol. The summed E-state index contributed by atoms with van der Waals surface area (Å²) in [5.74, 6) is 1.55. The molecule has 4 aliphatic carbocycles. The smallest absolute Gasteiger partial charge is 0.129 e. The van der Waals surface area contributed by atoms with Crippen LogP contribution in [0.5, 0.6) is 0 Å². The molecule has 0 heterocycles. The van der Waals surface area contributed by atoms with Crippen LogP contribution in [0.2, 0.25) is 0 Å². The zero-order chi connectivity index (χ0) is 21.6. The van der Waals surface area contributed by atoms with Crippen LogP contribution >= 0.6 is 0 Å². The molecule has 0 unspecified atom stereocenters. The lowest BCUT2D eigenvalue weighted by molar-refractivity contribution is -0.206. The first-order valence-electron chi connectivity index (χ1n) is 12.2. The lowest BCUT2D eigenvalue weighted by atomic mass is 9.43. The molecular weight excluding hydrogens is 376 g/mol. The van der Waals surface area contributed by atoms with E-state index >= 15 is 0 Å². The zero-order valence-corrected chi connectivity index (χ0v) is 19.2. The molecule has 0 bridgehead atoms. The first-order chi connectivity index (χ1) is 14.2. The third-order valence-electron chi connectivity index (χ3n) is 9.78. The molecule has 0 saturated heterocycles. The maximum atomic E-state index is 11.8. The van der Waals surface area contributed by atoms with E-state index in [1.807, 2.05) is 13.0 Å². The molecule has 4 aliphatic rings. The van der Waals surface area contributed by atoms with Gasteiger partial charge in [0, 0.05) is 6.54 Å². The van der Waals surface area contributed by atoms with Gasteiger partial charge >= 0.3 is 0 Å². The van der Waals surface area contributed by atoms with Gasteiger partial charge in [-0.25, -0.2) is 0 Å². The average molecular weight is 419 g/mol. The molecule has 7 atom stereocenters. The third-order valence-corrected chi connectivity index (χ3v) is 9.78. The fourth-order valence-corrected chi connectivity index (χ4v) is 8.05. The van der Waals surface area contributed by atoms with Gasteiger partial charge in [0.15, 0.2) is 0 Å². The summed E-state index contributed by atoms with van der Waals surface area (Å²) < 4.78 is 0. The van der Waals surface area contributed by atoms with E-state index in [0.29, 0.717) is 30.9 Å². The summed E-state index contributed by atoms with van der Waals surface area (Å²) in [5.41, 5.74) is 5.46. The zero-order valence-electron chi connectivity index (χ0n) is 19.2. The third kappa shape index (κ3) is 3.55. The Kier molecular flexibility index (Phi) is 5.87. The maximum Gasteiger partial charge on any atom is 0.129 e. The van der Waals surface area contributed by atoms with Crippen molar-refractivity contribution in [1.82, 2.24) is 0 Å². The standard InChI is InChI=1S/C25H42N2O3/c1-18(17-27-30-14-13-26)15-24(28)12-11-23(3)19(16-24)5-6-21-20(23)7-10-22(2)8-4-9-25(21,22)29/h15,17,19-21,28-29H,4-14,16,26H2,1-3H3/t19-,20+,21-,22+,23+,24-,25+/m1/s1. The van der Waals surface area contributed by atoms with Crippen LogP contribution in [0.25, 0.3) is 0 Å². The highest BCUT2D eigenvalue weighted by Gasteiger charge is 2.65. The van der Waals surface area contributed by atoms with Crippen molar-refractivity contribution in [2.24, 2.45) is 39.5 Å². The molecule has 170 valence electrons. The summed E-state index contributed by atoms with van der Waals surface area (Å²) in [4.78, 5) is 5.09. The second-order valence-corrected chi connectivity index (χ2v) is 11.4. The minimum Gasteiger partial charge on any atom is -0.394 e. The van der Waals surface area contributed by atoms with Crippen molar-refractivity contribution in [1.29, 1.82) is 0 Å². The van der Waals surface area contributed by atoms with E-state index in [-0.39, 0.29) is 10.8 Å². The second-order valence-electron chi connectivity index (χ2n) is 11.4. The Labute approximate surface area is 182 Å². The van der Waals surface area contributed by atoms with Crippen LogP contribution in [0.3, 0.4) is 0 Å². The Morgan fingerprint density at radius 3 is 2.63 bits per heavy atom. The maximum absolute atomic E-state index is 11.8. The minimum absolute atomic E-state index is 0.123. The van der Waals surface area contributed by atoms with E-state index in [1.165, 1.54) is 19.3 Å². The molecular formula is C25H42N2O3. The minimum atomic E-state index is -0.769. The van der Waals surface area contributed by atoms with E-state index in [9.17, 15) is 10.2 Å². The van der Waals surface area contributed by atoms with Gasteiger partial charge in [0.1, 0.15) is 6.61 Å². The molecule has 0 aromatic rings. The van der Waals surface area contributed by atoms with Crippen molar-refractivity contribution in [2.45, 2.75) is 96.2 Å². The van der Waals surface area contributed by atoms with Gasteiger partial charge in [-0.3, -0.25) is 0 Å². The highest BCUT2D eigenvalue weighted by molar-refractivity contribution is 5.77. The first kappa shape index (κ1) is 22.3. The Balaban J connectivity index is 1.49. The van der Waals surface area contributed by atoms with E-state index in [4.69, 9.17) is 10.6 Å². The highest BCUT2D eigenvalue weighted by atomic mass is 16.6. The number of oxime groups is 1. The van der Waals surface area contributed by atoms with E-state index in [0.717, 1.165) is 50.5 Å². The molecule has 0 spiro atoms. The van der Waals surface area contributed by atoms with Gasteiger partial charge < -0.3 is 20.8 Å².